The smallest absolute Gasteiger partial charge is 0.165 e. The van der Waals surface area contributed by atoms with E-state index < -0.39 is 29.7 Å². The molecule has 4 aromatic carbocycles. The number of nitrogens with one attached hydrogen (secondary N) is 1. The molecule has 13 heteroatoms. The monoisotopic (exact) mass is 983 g/mol. The van der Waals surface area contributed by atoms with Gasteiger partial charge in [0.1, 0.15) is 5.75 Å². The third kappa shape index (κ3) is 13.0. The van der Waals surface area contributed by atoms with Crippen LogP contribution < -0.4 is 16.2 Å². The summed E-state index contributed by atoms with van der Waals surface area (Å²) in [7, 11) is 3.31. The Morgan fingerprint density at radius 3 is 2.49 bits per heavy atom. The quantitative estimate of drug-likeness (QED) is 0.0375. The van der Waals surface area contributed by atoms with Crippen molar-refractivity contribution >= 4 is 33.2 Å². The zero-order valence-corrected chi connectivity index (χ0v) is 41.2. The lowest BCUT2D eigenvalue weighted by molar-refractivity contribution is -0.114. The number of H-pyrrole nitrogens is 1. The molecule has 1 aromatic heterocycles. The summed E-state index contributed by atoms with van der Waals surface area (Å²) in [4.78, 5) is 31.1. The van der Waals surface area contributed by atoms with Gasteiger partial charge in [0, 0.05) is 65.3 Å². The van der Waals surface area contributed by atoms with E-state index in [0.29, 0.717) is 78.9 Å². The van der Waals surface area contributed by atoms with E-state index in [4.69, 9.17) is 16.2 Å². The molecule has 11 nitrogen and oxygen atoms in total. The number of hydrogen-bond acceptors (Lipinski definition) is 12. The highest BCUT2D eigenvalue weighted by Gasteiger charge is 2.43. The molecule has 0 amide bonds. The number of rotatable bonds is 10. The van der Waals surface area contributed by atoms with E-state index in [2.05, 4.69) is 29.0 Å². The van der Waals surface area contributed by atoms with Gasteiger partial charge in [0.2, 0.25) is 0 Å². The van der Waals surface area contributed by atoms with Gasteiger partial charge >= 0.3 is 0 Å². The molecule has 5 aromatic rings. The molecule has 0 radical (unpaired) electrons. The van der Waals surface area contributed by atoms with Crippen molar-refractivity contribution < 1.29 is 39.9 Å². The minimum atomic E-state index is -0.832. The molecule has 8 bridgehead atoms. The first-order chi connectivity index (χ1) is 33.9. The minimum absolute atomic E-state index is 0.0193. The van der Waals surface area contributed by atoms with Gasteiger partial charge in [-0.3, -0.25) is 9.59 Å². The lowest BCUT2D eigenvalue weighted by Gasteiger charge is -2.29. The van der Waals surface area contributed by atoms with Crippen LogP contribution in [0.25, 0.3) is 0 Å². The Bertz CT molecular complexity index is 2710. The van der Waals surface area contributed by atoms with Crippen LogP contribution in [-0.2, 0) is 36.2 Å². The normalized spacial score (nSPS) is 22.3. The number of nitrogens with two attached hydrogens (primary N) is 2. The number of benzene rings is 4. The molecule has 10 N–H and O–H groups in total. The fourth-order valence-corrected chi connectivity index (χ4v) is 13.0. The van der Waals surface area contributed by atoms with E-state index in [-0.39, 0.29) is 61.0 Å². The van der Waals surface area contributed by atoms with Crippen molar-refractivity contribution in [3.05, 3.63) is 159 Å². The highest BCUT2D eigenvalue weighted by Crippen LogP contribution is 2.50. The number of Topliss-reactive ketones (excluding diaryl/α,β-unsaturated/α-hetero) is 1. The molecule has 1 saturated carbocycles. The Labute approximate surface area is 418 Å². The molecule has 1 fully saturated rings. The number of aromatic hydroxyl groups is 2. The Hall–Kier alpha value is -5.30. The molecule has 3 aliphatic rings. The zero-order valence-electron chi connectivity index (χ0n) is 39.5. The Balaban J connectivity index is 1.12. The summed E-state index contributed by atoms with van der Waals surface area (Å²) in [6.07, 6.45) is 9.51. The van der Waals surface area contributed by atoms with Crippen LogP contribution in [0.15, 0.2) is 103 Å². The Morgan fingerprint density at radius 1 is 0.886 bits per heavy atom. The third-order valence-electron chi connectivity index (χ3n) is 14.4. The summed E-state index contributed by atoms with van der Waals surface area (Å²) in [5, 5.41) is 54.6. The number of allylic oxidation sites excluding steroid dienone is 2. The molecule has 70 heavy (non-hydrogen) atoms. The van der Waals surface area contributed by atoms with Crippen LogP contribution in [0.5, 0.6) is 17.2 Å². The number of ether oxygens (including phenoxy) is 1. The predicted octanol–water partition coefficient (Wildman–Crippen LogP) is 8.76. The number of ketones is 2. The van der Waals surface area contributed by atoms with E-state index in [9.17, 15) is 35.1 Å². The SMILES string of the molecule is NC(N)c1cc2c3cc1CSSC[C@@H]1C[C@](CC[C@H](CCc4ccccc4)C[C@H](O)CO)(/C=C\C(=O)CCc4ccc(O)c(c4)OCCc4ccc(O)c(c4)[C@@H]3CC(=O)c3cc[nH]c3CC#C2)C[C@H]1O. The van der Waals surface area contributed by atoms with Crippen LogP contribution in [0.1, 0.15) is 124 Å². The Morgan fingerprint density at radius 2 is 1.69 bits per heavy atom. The number of aliphatic hydroxyl groups is 3. The van der Waals surface area contributed by atoms with Crippen molar-refractivity contribution in [3.8, 4) is 29.1 Å². The standard InChI is InChI=1S/C57H65N3O8S2/c58-56(59)47-28-40-7-4-8-50-45(19-23-60-50)53(66)30-48-46(40)29-41(47)34-69-70-35-42-31-57(32-54(42)67,21-17-38(25-44(63)33-61)10-9-36-5-2-1-3-6-36)22-18-43(62)14-11-37-13-16-52(65)55(27-37)68-24-20-39-12-15-51(64)49(48)26-39/h1-3,5-6,12-13,15-16,18-19,22-23,26-29,38,42,44,48,54,56,60-61,63-65,67H,8-11,14,17,20-21,24-25,30-35,58-59H2/b22-18-/t38-,42-,44-,48+,54+,57-/m0/s1. The van der Waals surface area contributed by atoms with E-state index >= 15 is 0 Å². The lowest BCUT2D eigenvalue weighted by atomic mass is 9.76. The summed E-state index contributed by atoms with van der Waals surface area (Å²) in [5.74, 6) is 7.48. The maximum atomic E-state index is 14.2. The van der Waals surface area contributed by atoms with Gasteiger partial charge in [0.05, 0.1) is 38.0 Å². The van der Waals surface area contributed by atoms with Crippen LogP contribution in [0.3, 0.4) is 0 Å². The molecule has 2 aliphatic carbocycles. The summed E-state index contributed by atoms with van der Waals surface area (Å²) >= 11 is 0. The van der Waals surface area contributed by atoms with E-state index in [1.807, 2.05) is 48.5 Å². The number of fused-ring (bicyclic) bond motifs is 9. The number of aromatic nitrogens is 1. The van der Waals surface area contributed by atoms with Gasteiger partial charge in [-0.1, -0.05) is 94.1 Å². The molecule has 1 aliphatic heterocycles. The van der Waals surface area contributed by atoms with Crippen LogP contribution in [0, 0.1) is 29.1 Å². The van der Waals surface area contributed by atoms with Crippen molar-refractivity contribution in [3.63, 3.8) is 0 Å². The van der Waals surface area contributed by atoms with Gasteiger partial charge in [-0.05, 0) is 138 Å². The molecular weight excluding hydrogens is 919 g/mol. The van der Waals surface area contributed by atoms with E-state index in [1.54, 1.807) is 64.2 Å². The van der Waals surface area contributed by atoms with Crippen molar-refractivity contribution in [1.82, 2.24) is 4.98 Å². The average molecular weight is 984 g/mol. The molecular formula is C57H65N3O8S2. The molecule has 8 rings (SSSR count). The van der Waals surface area contributed by atoms with Crippen LogP contribution >= 0.6 is 21.6 Å². The van der Waals surface area contributed by atoms with Crippen LogP contribution in [0.4, 0.5) is 0 Å². The average Bonchev–Trinajstić information content (AvgIpc) is 3.96. The molecule has 6 atom stereocenters. The van der Waals surface area contributed by atoms with Crippen LogP contribution in [0.2, 0.25) is 0 Å². The van der Waals surface area contributed by atoms with E-state index in [1.165, 1.54) is 5.56 Å². The number of carbonyl (C=O) groups excluding carboxylic acids is 2. The number of hydrogen-bond donors (Lipinski definition) is 8. The molecule has 0 spiro atoms. The summed E-state index contributed by atoms with van der Waals surface area (Å²) in [5.41, 5.74) is 20.3. The first-order valence-electron chi connectivity index (χ1n) is 24.5. The molecule has 0 unspecified atom stereocenters. The minimum Gasteiger partial charge on any atom is -0.508 e. The summed E-state index contributed by atoms with van der Waals surface area (Å²) in [6.45, 7) is -0.102. The maximum Gasteiger partial charge on any atom is 0.165 e. The Kier molecular flexibility index (Phi) is 17.3. The van der Waals surface area contributed by atoms with Gasteiger partial charge in [-0.25, -0.2) is 0 Å². The second kappa shape index (κ2) is 23.7. The van der Waals surface area contributed by atoms with Crippen molar-refractivity contribution in [2.75, 3.05) is 19.0 Å². The van der Waals surface area contributed by atoms with Crippen molar-refractivity contribution in [2.24, 2.45) is 28.7 Å². The predicted molar refractivity (Wildman–Crippen MR) is 278 cm³/mol. The summed E-state index contributed by atoms with van der Waals surface area (Å²) in [6, 6.07) is 26.5. The molecule has 0 saturated heterocycles. The van der Waals surface area contributed by atoms with Gasteiger partial charge in [-0.2, -0.15) is 0 Å². The second-order valence-corrected chi connectivity index (χ2v) is 21.9. The number of phenolic OH excluding ortho intramolecular Hbond substituents is 2. The zero-order chi connectivity index (χ0) is 49.2. The first-order valence-corrected chi connectivity index (χ1v) is 27.0. The van der Waals surface area contributed by atoms with Gasteiger partial charge in [0.15, 0.2) is 23.1 Å². The maximum absolute atomic E-state index is 14.2. The van der Waals surface area contributed by atoms with Gasteiger partial charge < -0.3 is 46.7 Å². The number of aromatic amines is 1. The van der Waals surface area contributed by atoms with Crippen LogP contribution in [-0.4, -0.2) is 73.3 Å². The summed E-state index contributed by atoms with van der Waals surface area (Å²) < 4.78 is 6.16. The van der Waals surface area contributed by atoms with Gasteiger partial charge in [-0.15, -0.1) is 0 Å². The first kappa shape index (κ1) is 51.1. The molecule has 368 valence electrons. The van der Waals surface area contributed by atoms with Gasteiger partial charge in [0.25, 0.3) is 0 Å². The number of carbonyl (C=O) groups is 2. The highest BCUT2D eigenvalue weighted by atomic mass is 33.1. The number of aliphatic hydroxyl groups excluding tert-OH is 3. The largest absolute Gasteiger partial charge is 0.508 e. The number of phenols is 2. The van der Waals surface area contributed by atoms with Crippen molar-refractivity contribution in [2.45, 2.75) is 107 Å². The number of aryl methyl sites for hydroxylation is 2. The second-order valence-electron chi connectivity index (χ2n) is 19.4. The lowest BCUT2D eigenvalue weighted by Crippen LogP contribution is -2.22. The third-order valence-corrected chi connectivity index (χ3v) is 16.9. The fourth-order valence-electron chi connectivity index (χ4n) is 10.5. The van der Waals surface area contributed by atoms with Crippen molar-refractivity contribution in [1.29, 1.82) is 0 Å². The topological polar surface area (TPSA) is 212 Å². The molecule has 2 heterocycles. The van der Waals surface area contributed by atoms with E-state index in [0.717, 1.165) is 52.8 Å². The fraction of sp³-hybridized carbons (Fsp3) is 0.404. The highest BCUT2D eigenvalue weighted by molar-refractivity contribution is 8.76.